The molecule has 0 atom stereocenters. The number of nitrogens with zero attached hydrogens (tertiary/aromatic N) is 4. The van der Waals surface area contributed by atoms with Crippen LogP contribution in [0.4, 0.5) is 10.2 Å². The van der Waals surface area contributed by atoms with Crippen molar-refractivity contribution in [2.24, 2.45) is 5.92 Å². The van der Waals surface area contributed by atoms with Crippen LogP contribution in [0, 0.1) is 25.6 Å². The van der Waals surface area contributed by atoms with Crippen molar-refractivity contribution in [3.63, 3.8) is 0 Å². The highest BCUT2D eigenvalue weighted by molar-refractivity contribution is 5.96. The molecule has 1 saturated carbocycles. The monoisotopic (exact) mass is 502 g/mol. The minimum Gasteiger partial charge on any atom is -0.493 e. The molecule has 0 aliphatic heterocycles. The van der Waals surface area contributed by atoms with E-state index in [0.29, 0.717) is 63.5 Å². The number of carbonyl (C=O) groups excluding carboxylic acids is 2. The molecule has 190 valence electrons. The highest BCUT2D eigenvalue weighted by atomic mass is 19.1. The predicted molar refractivity (Wildman–Crippen MR) is 136 cm³/mol. The van der Waals surface area contributed by atoms with Crippen molar-refractivity contribution in [1.29, 1.82) is 0 Å². The fourth-order valence-electron chi connectivity index (χ4n) is 4.03. The molecule has 3 heterocycles. The molecular formula is C27H27FN6O3. The van der Waals surface area contributed by atoms with Crippen LogP contribution < -0.4 is 15.4 Å². The van der Waals surface area contributed by atoms with E-state index >= 15 is 0 Å². The van der Waals surface area contributed by atoms with Gasteiger partial charge in [0.25, 0.3) is 5.91 Å². The number of fused-ring (bicyclic) bond motifs is 1. The first-order chi connectivity index (χ1) is 17.8. The van der Waals surface area contributed by atoms with E-state index in [4.69, 9.17) is 4.74 Å². The maximum Gasteiger partial charge on any atom is 0.253 e. The number of imidazole rings is 1. The molecule has 5 rings (SSSR count). The Balaban J connectivity index is 1.35. The molecule has 1 aromatic carbocycles. The Labute approximate surface area is 213 Å². The second-order valence-electron chi connectivity index (χ2n) is 9.27. The molecule has 2 N–H and O–H groups in total. The summed E-state index contributed by atoms with van der Waals surface area (Å²) in [6.45, 7) is 5.64. The molecule has 0 spiro atoms. The fraction of sp³-hybridized carbons (Fsp3) is 0.296. The van der Waals surface area contributed by atoms with Crippen molar-refractivity contribution in [2.45, 2.75) is 40.2 Å². The molecular weight excluding hydrogens is 475 g/mol. The van der Waals surface area contributed by atoms with E-state index in [-0.39, 0.29) is 18.4 Å². The summed E-state index contributed by atoms with van der Waals surface area (Å²) in [5.41, 5.74) is 3.80. The molecule has 1 aliphatic carbocycles. The van der Waals surface area contributed by atoms with Gasteiger partial charge in [0.05, 0.1) is 29.8 Å². The summed E-state index contributed by atoms with van der Waals surface area (Å²) in [7, 11) is 0. The van der Waals surface area contributed by atoms with E-state index in [0.717, 1.165) is 0 Å². The minimum absolute atomic E-state index is 0.0130. The van der Waals surface area contributed by atoms with Crippen LogP contribution in [0.25, 0.3) is 16.9 Å². The van der Waals surface area contributed by atoms with E-state index in [1.54, 1.807) is 48.0 Å². The number of benzene rings is 1. The molecule has 0 radical (unpaired) electrons. The Morgan fingerprint density at radius 3 is 2.68 bits per heavy atom. The fourth-order valence-corrected chi connectivity index (χ4v) is 4.03. The molecule has 0 saturated heterocycles. The summed E-state index contributed by atoms with van der Waals surface area (Å²) >= 11 is 0. The molecule has 4 aromatic rings. The summed E-state index contributed by atoms with van der Waals surface area (Å²) < 4.78 is 21.7. The molecule has 2 amide bonds. The zero-order valence-electron chi connectivity index (χ0n) is 20.8. The lowest BCUT2D eigenvalue weighted by molar-refractivity contribution is -0.114. The van der Waals surface area contributed by atoms with Gasteiger partial charge >= 0.3 is 0 Å². The number of hydrogen-bond donors (Lipinski definition) is 2. The lowest BCUT2D eigenvalue weighted by Crippen LogP contribution is -2.25. The van der Waals surface area contributed by atoms with Crippen LogP contribution in [0.2, 0.25) is 0 Å². The molecule has 1 fully saturated rings. The Morgan fingerprint density at radius 2 is 1.92 bits per heavy atom. The van der Waals surface area contributed by atoms with Crippen LogP contribution in [-0.4, -0.2) is 38.0 Å². The van der Waals surface area contributed by atoms with Gasteiger partial charge in [-0.1, -0.05) is 0 Å². The van der Waals surface area contributed by atoms with Crippen LogP contribution in [0.3, 0.4) is 0 Å². The summed E-state index contributed by atoms with van der Waals surface area (Å²) in [5, 5.41) is 10.0. The maximum absolute atomic E-state index is 14.4. The van der Waals surface area contributed by atoms with Crippen LogP contribution in [0.15, 0.2) is 42.6 Å². The number of anilines is 1. The van der Waals surface area contributed by atoms with E-state index < -0.39 is 5.82 Å². The van der Waals surface area contributed by atoms with Gasteiger partial charge in [-0.15, -0.1) is 0 Å². The molecule has 3 aromatic heterocycles. The quantitative estimate of drug-likeness (QED) is 0.373. The zero-order valence-corrected chi connectivity index (χ0v) is 20.8. The third-order valence-corrected chi connectivity index (χ3v) is 6.19. The lowest BCUT2D eigenvalue weighted by atomic mass is 10.0. The molecule has 37 heavy (non-hydrogen) atoms. The molecule has 10 heteroatoms. The van der Waals surface area contributed by atoms with Crippen molar-refractivity contribution < 1.29 is 18.7 Å². The van der Waals surface area contributed by atoms with Crippen LogP contribution in [0.1, 0.15) is 47.1 Å². The average molecular weight is 503 g/mol. The van der Waals surface area contributed by atoms with Crippen molar-refractivity contribution >= 4 is 23.3 Å². The van der Waals surface area contributed by atoms with E-state index in [2.05, 4.69) is 25.7 Å². The number of carbonyl (C=O) groups is 2. The number of aromatic nitrogens is 4. The number of amides is 2. The van der Waals surface area contributed by atoms with Gasteiger partial charge in [0.15, 0.2) is 11.5 Å². The van der Waals surface area contributed by atoms with Gasteiger partial charge < -0.3 is 15.4 Å². The smallest absolute Gasteiger partial charge is 0.253 e. The first-order valence-corrected chi connectivity index (χ1v) is 12.1. The van der Waals surface area contributed by atoms with E-state index in [1.807, 2.05) is 6.92 Å². The molecule has 9 nitrogen and oxygen atoms in total. The van der Waals surface area contributed by atoms with Crippen LogP contribution in [0.5, 0.6) is 5.75 Å². The van der Waals surface area contributed by atoms with Crippen molar-refractivity contribution in [2.75, 3.05) is 11.9 Å². The average Bonchev–Trinajstić information content (AvgIpc) is 3.60. The SMILES string of the molecule is CC(=O)Nc1cn2nc(-c3cc(C(=O)NCc4cc(OCC5CC5)ccc4F)c(C)nc3C)ccc2n1. The third-order valence-electron chi connectivity index (χ3n) is 6.19. The Hall–Kier alpha value is -4.34. The highest BCUT2D eigenvalue weighted by Gasteiger charge is 2.22. The number of aryl methyl sites for hydroxylation is 2. The van der Waals surface area contributed by atoms with Gasteiger partial charge in [0, 0.05) is 30.3 Å². The number of nitrogens with one attached hydrogen (secondary N) is 2. The van der Waals surface area contributed by atoms with Crippen molar-refractivity contribution in [1.82, 2.24) is 24.9 Å². The summed E-state index contributed by atoms with van der Waals surface area (Å²) in [5.74, 6) is 0.570. The van der Waals surface area contributed by atoms with Crippen molar-refractivity contribution in [3.8, 4) is 17.0 Å². The summed E-state index contributed by atoms with van der Waals surface area (Å²) in [6, 6.07) is 9.88. The summed E-state index contributed by atoms with van der Waals surface area (Å²) in [4.78, 5) is 33.3. The standard InChI is InChI=1S/C27H27FN6O3/c1-15-21(24-8-9-26-32-25(31-17(3)35)13-34(26)33-24)11-22(16(2)30-15)27(36)29-12-19-10-20(6-7-23(19)28)37-14-18-4-5-18/h6-11,13,18H,4-5,12,14H2,1-3H3,(H,29,36)(H,31,35). The number of hydrogen-bond acceptors (Lipinski definition) is 6. The Morgan fingerprint density at radius 1 is 1.11 bits per heavy atom. The van der Waals surface area contributed by atoms with Crippen molar-refractivity contribution in [3.05, 3.63) is 70.9 Å². The predicted octanol–water partition coefficient (Wildman–Crippen LogP) is 4.22. The van der Waals surface area contributed by atoms with Gasteiger partial charge in [-0.05, 0) is 69.0 Å². The van der Waals surface area contributed by atoms with Gasteiger partial charge in [-0.25, -0.2) is 13.9 Å². The number of halogens is 1. The molecule has 0 bridgehead atoms. The second kappa shape index (κ2) is 9.96. The maximum atomic E-state index is 14.4. The van der Waals surface area contributed by atoms with Crippen LogP contribution in [-0.2, 0) is 11.3 Å². The topological polar surface area (TPSA) is 111 Å². The molecule has 1 aliphatic rings. The first-order valence-electron chi connectivity index (χ1n) is 12.1. The number of rotatable bonds is 8. The normalized spacial score (nSPS) is 13.0. The van der Waals surface area contributed by atoms with Gasteiger partial charge in [-0.3, -0.25) is 14.6 Å². The Bertz CT molecular complexity index is 1510. The summed E-state index contributed by atoms with van der Waals surface area (Å²) in [6.07, 6.45) is 3.95. The lowest BCUT2D eigenvalue weighted by Gasteiger charge is -2.13. The third kappa shape index (κ3) is 5.58. The van der Waals surface area contributed by atoms with Crippen LogP contribution >= 0.6 is 0 Å². The largest absolute Gasteiger partial charge is 0.493 e. The second-order valence-corrected chi connectivity index (χ2v) is 9.27. The van der Waals surface area contributed by atoms with E-state index in [1.165, 1.54) is 25.8 Å². The number of ether oxygens (including phenoxy) is 1. The number of pyridine rings is 1. The highest BCUT2D eigenvalue weighted by Crippen LogP contribution is 2.30. The van der Waals surface area contributed by atoms with Gasteiger partial charge in [-0.2, -0.15) is 5.10 Å². The van der Waals surface area contributed by atoms with E-state index in [9.17, 15) is 14.0 Å². The first kappa shape index (κ1) is 24.4. The van der Waals surface area contributed by atoms with Gasteiger partial charge in [0.2, 0.25) is 5.91 Å². The zero-order chi connectivity index (χ0) is 26.1. The Kier molecular flexibility index (Phi) is 6.56. The minimum atomic E-state index is -0.407. The molecule has 0 unspecified atom stereocenters. The van der Waals surface area contributed by atoms with Gasteiger partial charge in [0.1, 0.15) is 11.6 Å².